The van der Waals surface area contributed by atoms with Crippen LogP contribution in [0.25, 0.3) is 6.08 Å². The van der Waals surface area contributed by atoms with Gasteiger partial charge in [-0.1, -0.05) is 0 Å². The molecule has 0 N–H and O–H groups in total. The van der Waals surface area contributed by atoms with Gasteiger partial charge in [-0.3, -0.25) is 4.79 Å². The smallest absolute Gasteiger partial charge is 0.185 e. The topological polar surface area (TPSA) is 44.8 Å². The highest BCUT2D eigenvalue weighted by molar-refractivity contribution is 6.07. The van der Waals surface area contributed by atoms with Crippen molar-refractivity contribution < 1.29 is 19.0 Å². The van der Waals surface area contributed by atoms with Crippen LogP contribution in [0, 0.1) is 6.92 Å². The summed E-state index contributed by atoms with van der Waals surface area (Å²) >= 11 is 0. The summed E-state index contributed by atoms with van der Waals surface area (Å²) in [6, 6.07) is 11.1. The number of aryl methyl sites for hydroxylation is 1. The fourth-order valence-corrected chi connectivity index (χ4v) is 2.82. The van der Waals surface area contributed by atoms with E-state index in [1.165, 1.54) is 0 Å². The van der Waals surface area contributed by atoms with Gasteiger partial charge in [0.05, 0.1) is 6.61 Å². The molecule has 0 unspecified atom stereocenters. The maximum Gasteiger partial charge on any atom is 0.185 e. The van der Waals surface area contributed by atoms with Crippen LogP contribution in [0.3, 0.4) is 0 Å². The normalized spacial score (nSPS) is 12.1. The molecule has 0 aliphatic heterocycles. The highest BCUT2D eigenvalue weighted by Crippen LogP contribution is 2.34. The second-order valence-corrected chi connectivity index (χ2v) is 9.24. The molecular weight excluding hydrogens is 376 g/mol. The van der Waals surface area contributed by atoms with E-state index in [9.17, 15) is 4.79 Å². The average Bonchev–Trinajstić information content (AvgIpc) is 2.61. The largest absolute Gasteiger partial charge is 0.494 e. The van der Waals surface area contributed by atoms with E-state index in [0.29, 0.717) is 17.9 Å². The molecule has 2 rings (SSSR count). The predicted molar refractivity (Wildman–Crippen MR) is 123 cm³/mol. The van der Waals surface area contributed by atoms with Crippen molar-refractivity contribution in [3.05, 3.63) is 59.2 Å². The molecule has 162 valence electrons. The molecule has 0 aliphatic carbocycles. The molecule has 0 saturated carbocycles. The Morgan fingerprint density at radius 1 is 0.900 bits per heavy atom. The van der Waals surface area contributed by atoms with Crippen LogP contribution in [0.15, 0.2) is 42.5 Å². The second-order valence-electron chi connectivity index (χ2n) is 9.24. The minimum atomic E-state index is -0.379. The van der Waals surface area contributed by atoms with Gasteiger partial charge in [0.2, 0.25) is 0 Å². The van der Waals surface area contributed by atoms with Gasteiger partial charge in [0, 0.05) is 17.2 Å². The minimum Gasteiger partial charge on any atom is -0.494 e. The van der Waals surface area contributed by atoms with Crippen molar-refractivity contribution in [2.75, 3.05) is 6.61 Å². The first-order chi connectivity index (χ1) is 13.9. The van der Waals surface area contributed by atoms with E-state index in [1.807, 2.05) is 79.7 Å². The van der Waals surface area contributed by atoms with Crippen LogP contribution in [0.5, 0.6) is 17.2 Å². The van der Waals surface area contributed by atoms with Crippen molar-refractivity contribution in [3.63, 3.8) is 0 Å². The fraction of sp³-hybridized carbons (Fsp3) is 0.423. The van der Waals surface area contributed by atoms with Gasteiger partial charge in [0.15, 0.2) is 5.78 Å². The average molecular weight is 411 g/mol. The van der Waals surface area contributed by atoms with Crippen LogP contribution in [0.4, 0.5) is 0 Å². The highest BCUT2D eigenvalue weighted by atomic mass is 16.5. The molecule has 2 aromatic carbocycles. The fourth-order valence-electron chi connectivity index (χ4n) is 2.82. The number of hydrogen-bond donors (Lipinski definition) is 0. The van der Waals surface area contributed by atoms with Crippen LogP contribution in [0.2, 0.25) is 0 Å². The third-order valence-corrected chi connectivity index (χ3v) is 4.00. The molecule has 4 heteroatoms. The number of ether oxygens (including phenoxy) is 3. The summed E-state index contributed by atoms with van der Waals surface area (Å²) in [5, 5.41) is 0. The Hall–Kier alpha value is -2.75. The molecule has 0 heterocycles. The zero-order valence-corrected chi connectivity index (χ0v) is 19.5. The molecule has 0 radical (unpaired) electrons. The zero-order valence-electron chi connectivity index (χ0n) is 19.5. The summed E-state index contributed by atoms with van der Waals surface area (Å²) in [5.41, 5.74) is 1.74. The number of benzene rings is 2. The number of rotatable bonds is 7. The lowest BCUT2D eigenvalue weighted by molar-refractivity contribution is 0.104. The van der Waals surface area contributed by atoms with Gasteiger partial charge in [0.1, 0.15) is 28.5 Å². The number of carbonyl (C=O) groups excluding carboxylic acids is 1. The van der Waals surface area contributed by atoms with Gasteiger partial charge in [0.25, 0.3) is 0 Å². The Morgan fingerprint density at radius 3 is 2.00 bits per heavy atom. The van der Waals surface area contributed by atoms with Gasteiger partial charge in [-0.15, -0.1) is 0 Å². The molecule has 0 amide bonds. The SMILES string of the molecule is CCOc1ccc(C(=O)/C=C\c2cc(C)c(OC(C)(C)C)cc2OC(C)(C)C)cc1. The molecule has 0 atom stereocenters. The third kappa shape index (κ3) is 7.25. The van der Waals surface area contributed by atoms with Gasteiger partial charge in [-0.25, -0.2) is 0 Å². The molecule has 0 bridgehead atoms. The molecule has 0 spiro atoms. The summed E-state index contributed by atoms with van der Waals surface area (Å²) in [7, 11) is 0. The lowest BCUT2D eigenvalue weighted by atomic mass is 10.0. The first-order valence-electron chi connectivity index (χ1n) is 10.4. The number of ketones is 1. The van der Waals surface area contributed by atoms with E-state index < -0.39 is 0 Å². The number of carbonyl (C=O) groups is 1. The van der Waals surface area contributed by atoms with Gasteiger partial charge < -0.3 is 14.2 Å². The molecule has 0 aromatic heterocycles. The summed E-state index contributed by atoms with van der Waals surface area (Å²) in [5.74, 6) is 2.14. The second kappa shape index (κ2) is 9.38. The van der Waals surface area contributed by atoms with E-state index in [-0.39, 0.29) is 17.0 Å². The van der Waals surface area contributed by atoms with Gasteiger partial charge in [-0.05, 0) is 103 Å². The molecule has 0 saturated heterocycles. The molecule has 0 fully saturated rings. The minimum absolute atomic E-state index is 0.0765. The van der Waals surface area contributed by atoms with Crippen LogP contribution < -0.4 is 14.2 Å². The Balaban J connectivity index is 2.33. The third-order valence-electron chi connectivity index (χ3n) is 4.00. The lowest BCUT2D eigenvalue weighted by Crippen LogP contribution is -2.25. The number of hydrogen-bond acceptors (Lipinski definition) is 4. The van der Waals surface area contributed by atoms with E-state index >= 15 is 0 Å². The molecular formula is C26H34O4. The molecule has 30 heavy (non-hydrogen) atoms. The molecule has 4 nitrogen and oxygen atoms in total. The van der Waals surface area contributed by atoms with Crippen molar-refractivity contribution in [1.29, 1.82) is 0 Å². The van der Waals surface area contributed by atoms with Crippen molar-refractivity contribution in [2.24, 2.45) is 0 Å². The van der Waals surface area contributed by atoms with E-state index in [4.69, 9.17) is 14.2 Å². The highest BCUT2D eigenvalue weighted by Gasteiger charge is 2.19. The van der Waals surface area contributed by atoms with Crippen LogP contribution in [-0.2, 0) is 0 Å². The van der Waals surface area contributed by atoms with E-state index in [0.717, 1.165) is 22.6 Å². The van der Waals surface area contributed by atoms with E-state index in [2.05, 4.69) is 0 Å². The standard InChI is InChI=1S/C26H34O4/c1-9-28-21-13-10-19(11-14-21)22(27)15-12-20-16-18(2)23(29-25(3,4)5)17-24(20)30-26(6,7)8/h10-17H,9H2,1-8H3/b15-12-. The Morgan fingerprint density at radius 2 is 1.47 bits per heavy atom. The maximum atomic E-state index is 12.6. The first kappa shape index (κ1) is 23.5. The first-order valence-corrected chi connectivity index (χ1v) is 10.4. The molecule has 0 aliphatic rings. The summed E-state index contributed by atoms with van der Waals surface area (Å²) in [4.78, 5) is 12.6. The van der Waals surface area contributed by atoms with Gasteiger partial charge >= 0.3 is 0 Å². The lowest BCUT2D eigenvalue weighted by Gasteiger charge is -2.26. The Bertz CT molecular complexity index is 894. The van der Waals surface area contributed by atoms with Crippen molar-refractivity contribution >= 4 is 11.9 Å². The van der Waals surface area contributed by atoms with Crippen molar-refractivity contribution in [2.45, 2.75) is 66.6 Å². The predicted octanol–water partition coefficient (Wildman–Crippen LogP) is 6.64. The summed E-state index contributed by atoms with van der Waals surface area (Å²) < 4.78 is 17.7. The maximum absolute atomic E-state index is 12.6. The Labute approximate surface area is 180 Å². The Kier molecular flexibility index (Phi) is 7.35. The van der Waals surface area contributed by atoms with Crippen LogP contribution in [-0.4, -0.2) is 23.6 Å². The van der Waals surface area contributed by atoms with Crippen LogP contribution in [0.1, 0.15) is 70.0 Å². The number of allylic oxidation sites excluding steroid dienone is 1. The molecule has 2 aromatic rings. The summed E-state index contributed by atoms with van der Waals surface area (Å²) in [6.07, 6.45) is 3.37. The summed E-state index contributed by atoms with van der Waals surface area (Å²) in [6.45, 7) is 16.5. The monoisotopic (exact) mass is 410 g/mol. The van der Waals surface area contributed by atoms with Crippen molar-refractivity contribution in [1.82, 2.24) is 0 Å². The van der Waals surface area contributed by atoms with Crippen molar-refractivity contribution in [3.8, 4) is 17.2 Å². The van der Waals surface area contributed by atoms with E-state index in [1.54, 1.807) is 24.3 Å². The van der Waals surface area contributed by atoms with Crippen LogP contribution >= 0.6 is 0 Å². The zero-order chi connectivity index (χ0) is 22.5. The van der Waals surface area contributed by atoms with Gasteiger partial charge in [-0.2, -0.15) is 0 Å². The quantitative estimate of drug-likeness (QED) is 0.379.